The van der Waals surface area contributed by atoms with Crippen molar-refractivity contribution in [3.63, 3.8) is 0 Å². The number of halogens is 1. The van der Waals surface area contributed by atoms with E-state index in [1.165, 1.54) is 25.3 Å². The Hall–Kier alpha value is -3.22. The Balaban J connectivity index is 2.24. The number of nitrogens with zero attached hydrogens (tertiary/aromatic N) is 2. The summed E-state index contributed by atoms with van der Waals surface area (Å²) >= 11 is 5.87. The average molecular weight is 483 g/mol. The number of benzene rings is 1. The quantitative estimate of drug-likeness (QED) is 0.388. The van der Waals surface area contributed by atoms with E-state index < -0.39 is 51.9 Å². The molecule has 12 nitrogen and oxygen atoms in total. The molecule has 0 bridgehead atoms. The van der Waals surface area contributed by atoms with Gasteiger partial charge >= 0.3 is 11.4 Å². The minimum absolute atomic E-state index is 0.0118. The molecule has 33 heavy (non-hydrogen) atoms. The Morgan fingerprint density at radius 3 is 2.73 bits per heavy atom. The van der Waals surface area contributed by atoms with E-state index in [9.17, 15) is 29.6 Å². The van der Waals surface area contributed by atoms with E-state index in [0.717, 1.165) is 10.6 Å². The Labute approximate surface area is 192 Å². The van der Waals surface area contributed by atoms with E-state index in [4.69, 9.17) is 21.1 Å². The Bertz CT molecular complexity index is 1200. The van der Waals surface area contributed by atoms with Gasteiger partial charge in [-0.05, 0) is 25.5 Å². The maximum absolute atomic E-state index is 12.8. The van der Waals surface area contributed by atoms with E-state index in [1.54, 1.807) is 13.8 Å². The smallest absolute Gasteiger partial charge is 0.332 e. The molecule has 0 aliphatic carbocycles. The molecule has 1 unspecified atom stereocenters. The molecule has 1 aliphatic rings. The standard InChI is InChI=1S/C20H23ClN4O8/c1-4-11-9-24(19(29)22-18(11)28)20(23-15(26)5-2)17(16(27)10(3)33-20)32-14-7-6-12(21)8-13(14)25(30)31/h6-10,16-17,27H,4-5H2,1-3H3,(H,23,26)(H,22,28,29)/t10-,16-,17-,20?/m1/s1. The summed E-state index contributed by atoms with van der Waals surface area (Å²) < 4.78 is 12.6. The van der Waals surface area contributed by atoms with Gasteiger partial charge in [-0.25, -0.2) is 9.36 Å². The van der Waals surface area contributed by atoms with Crippen LogP contribution in [0.3, 0.4) is 0 Å². The minimum Gasteiger partial charge on any atom is -0.473 e. The number of amides is 1. The van der Waals surface area contributed by atoms with E-state index in [-0.39, 0.29) is 29.2 Å². The largest absolute Gasteiger partial charge is 0.473 e. The molecule has 2 heterocycles. The van der Waals surface area contributed by atoms with Gasteiger partial charge in [0.05, 0.1) is 11.0 Å². The summed E-state index contributed by atoms with van der Waals surface area (Å²) in [4.78, 5) is 50.4. The van der Waals surface area contributed by atoms with Crippen LogP contribution in [-0.2, 0) is 21.8 Å². The van der Waals surface area contributed by atoms with Gasteiger partial charge in [-0.15, -0.1) is 0 Å². The maximum atomic E-state index is 12.8. The van der Waals surface area contributed by atoms with Crippen molar-refractivity contribution in [2.75, 3.05) is 0 Å². The number of aliphatic hydroxyl groups excluding tert-OH is 1. The van der Waals surface area contributed by atoms with Crippen molar-refractivity contribution in [2.24, 2.45) is 0 Å². The molecule has 13 heteroatoms. The van der Waals surface area contributed by atoms with Crippen molar-refractivity contribution >= 4 is 23.2 Å². The molecule has 3 rings (SSSR count). The van der Waals surface area contributed by atoms with Crippen molar-refractivity contribution in [2.45, 2.75) is 57.8 Å². The fourth-order valence-electron chi connectivity index (χ4n) is 3.57. The normalized spacial score (nSPS) is 24.5. The average Bonchev–Trinajstić information content (AvgIpc) is 2.99. The van der Waals surface area contributed by atoms with Crippen LogP contribution in [0.5, 0.6) is 5.75 Å². The highest BCUT2D eigenvalue weighted by Crippen LogP contribution is 2.39. The highest BCUT2D eigenvalue weighted by molar-refractivity contribution is 6.30. The van der Waals surface area contributed by atoms with Crippen LogP contribution in [0.4, 0.5) is 5.69 Å². The summed E-state index contributed by atoms with van der Waals surface area (Å²) in [6.07, 6.45) is -2.48. The number of nitrogens with one attached hydrogen (secondary N) is 2. The first-order valence-electron chi connectivity index (χ1n) is 10.2. The molecule has 1 aromatic heterocycles. The van der Waals surface area contributed by atoms with Gasteiger partial charge in [-0.2, -0.15) is 0 Å². The van der Waals surface area contributed by atoms with Crippen LogP contribution in [0.15, 0.2) is 34.0 Å². The number of aryl methyl sites for hydroxylation is 1. The Morgan fingerprint density at radius 2 is 2.12 bits per heavy atom. The molecule has 0 spiro atoms. The lowest BCUT2D eigenvalue weighted by Gasteiger charge is -2.36. The Kier molecular flexibility index (Phi) is 6.91. The second kappa shape index (κ2) is 9.33. The molecule has 1 aromatic carbocycles. The number of rotatable bonds is 7. The van der Waals surface area contributed by atoms with Crippen molar-refractivity contribution < 1.29 is 24.3 Å². The van der Waals surface area contributed by atoms with Crippen molar-refractivity contribution in [1.29, 1.82) is 0 Å². The summed E-state index contributed by atoms with van der Waals surface area (Å²) in [7, 11) is 0. The Morgan fingerprint density at radius 1 is 1.42 bits per heavy atom. The van der Waals surface area contributed by atoms with Gasteiger partial charge in [-0.1, -0.05) is 25.4 Å². The van der Waals surface area contributed by atoms with Crippen molar-refractivity contribution in [1.82, 2.24) is 14.9 Å². The number of ether oxygens (including phenoxy) is 2. The van der Waals surface area contributed by atoms with E-state index in [0.29, 0.717) is 0 Å². The third kappa shape index (κ3) is 4.49. The molecule has 0 saturated carbocycles. The van der Waals surface area contributed by atoms with Gasteiger partial charge in [0, 0.05) is 29.3 Å². The fraction of sp³-hybridized carbons (Fsp3) is 0.450. The molecule has 178 valence electrons. The zero-order valence-electron chi connectivity index (χ0n) is 18.0. The van der Waals surface area contributed by atoms with Crippen LogP contribution in [0.1, 0.15) is 32.8 Å². The second-order valence-corrected chi connectivity index (χ2v) is 7.89. The topological polar surface area (TPSA) is 166 Å². The van der Waals surface area contributed by atoms with Crippen LogP contribution >= 0.6 is 11.6 Å². The molecular weight excluding hydrogens is 460 g/mol. The summed E-state index contributed by atoms with van der Waals surface area (Å²) in [5.41, 5.74) is -1.84. The zero-order chi connectivity index (χ0) is 24.5. The zero-order valence-corrected chi connectivity index (χ0v) is 18.8. The summed E-state index contributed by atoms with van der Waals surface area (Å²) in [5, 5.41) is 25.0. The van der Waals surface area contributed by atoms with Gasteiger partial charge < -0.3 is 19.9 Å². The fourth-order valence-corrected chi connectivity index (χ4v) is 3.74. The lowest BCUT2D eigenvalue weighted by molar-refractivity contribution is -0.386. The number of nitro benzene ring substituents is 1. The van der Waals surface area contributed by atoms with Crippen LogP contribution in [0.25, 0.3) is 0 Å². The second-order valence-electron chi connectivity index (χ2n) is 7.46. The number of nitro groups is 1. The molecule has 2 aromatic rings. The monoisotopic (exact) mass is 482 g/mol. The third-order valence-electron chi connectivity index (χ3n) is 5.31. The number of carbonyl (C=O) groups is 1. The van der Waals surface area contributed by atoms with Crippen LogP contribution in [0, 0.1) is 10.1 Å². The molecular formula is C20H23ClN4O8. The molecule has 1 saturated heterocycles. The van der Waals surface area contributed by atoms with Gasteiger partial charge in [0.25, 0.3) is 11.4 Å². The highest BCUT2D eigenvalue weighted by atomic mass is 35.5. The number of aromatic nitrogens is 2. The van der Waals surface area contributed by atoms with Crippen LogP contribution < -0.4 is 21.3 Å². The van der Waals surface area contributed by atoms with E-state index in [1.807, 2.05) is 0 Å². The summed E-state index contributed by atoms with van der Waals surface area (Å²) in [5.74, 6) is -2.95. The molecule has 1 aliphatic heterocycles. The van der Waals surface area contributed by atoms with Crippen molar-refractivity contribution in [3.8, 4) is 5.75 Å². The number of H-pyrrole nitrogens is 1. The molecule has 1 fully saturated rings. The number of carbonyl (C=O) groups excluding carboxylic acids is 1. The molecule has 4 atom stereocenters. The van der Waals surface area contributed by atoms with Crippen molar-refractivity contribution in [3.05, 3.63) is 65.9 Å². The third-order valence-corrected chi connectivity index (χ3v) is 5.54. The number of aromatic amines is 1. The van der Waals surface area contributed by atoms with Gasteiger partial charge in [0.1, 0.15) is 6.10 Å². The van der Waals surface area contributed by atoms with Crippen LogP contribution in [-0.4, -0.2) is 43.8 Å². The highest BCUT2D eigenvalue weighted by Gasteiger charge is 2.59. The molecule has 0 radical (unpaired) electrons. The first-order valence-corrected chi connectivity index (χ1v) is 10.5. The first kappa shape index (κ1) is 24.4. The number of aliphatic hydroxyl groups is 1. The lowest BCUT2D eigenvalue weighted by atomic mass is 10.1. The molecule has 1 amide bonds. The predicted molar refractivity (Wildman–Crippen MR) is 116 cm³/mol. The number of hydrogen-bond donors (Lipinski definition) is 3. The minimum atomic E-state index is -2.12. The molecule has 3 N–H and O–H groups in total. The van der Waals surface area contributed by atoms with E-state index in [2.05, 4.69) is 10.3 Å². The first-order chi connectivity index (χ1) is 15.5. The van der Waals surface area contributed by atoms with Gasteiger partial charge in [0.15, 0.2) is 11.9 Å². The maximum Gasteiger partial charge on any atom is 0.332 e. The van der Waals surface area contributed by atoms with Gasteiger partial charge in [0.2, 0.25) is 5.91 Å². The summed E-state index contributed by atoms with van der Waals surface area (Å²) in [6.45, 7) is 4.73. The lowest BCUT2D eigenvalue weighted by Crippen LogP contribution is -2.63. The van der Waals surface area contributed by atoms with Crippen LogP contribution in [0.2, 0.25) is 5.02 Å². The SMILES string of the molecule is CCC(=O)NC1(n2cc(CC)c(=O)[nH]c2=O)O[C@H](C)[C@@H](O)[C@H]1Oc1ccc(Cl)cc1[N+](=O)[O-]. The van der Waals surface area contributed by atoms with Gasteiger partial charge in [-0.3, -0.25) is 24.7 Å². The number of hydrogen-bond acceptors (Lipinski definition) is 8. The predicted octanol–water partition coefficient (Wildman–Crippen LogP) is 1.02. The van der Waals surface area contributed by atoms with E-state index >= 15 is 0 Å². The summed E-state index contributed by atoms with van der Waals surface area (Å²) in [6, 6.07) is 3.65.